The van der Waals surface area contributed by atoms with E-state index in [1.165, 1.54) is 24.8 Å². The summed E-state index contributed by atoms with van der Waals surface area (Å²) in [7, 11) is 0. The molecule has 1 saturated carbocycles. The van der Waals surface area contributed by atoms with E-state index < -0.39 is 0 Å². The number of pyridine rings is 1. The van der Waals surface area contributed by atoms with E-state index in [1.54, 1.807) is 0 Å². The lowest BCUT2D eigenvalue weighted by atomic mass is 9.85. The van der Waals surface area contributed by atoms with E-state index >= 15 is 0 Å². The van der Waals surface area contributed by atoms with Crippen LogP contribution in [0.2, 0.25) is 0 Å². The molecule has 4 heteroatoms. The first-order valence-corrected chi connectivity index (χ1v) is 6.35. The summed E-state index contributed by atoms with van der Waals surface area (Å²) in [5.41, 5.74) is 7.92. The lowest BCUT2D eigenvalue weighted by Crippen LogP contribution is -2.10. The Morgan fingerprint density at radius 2 is 2.35 bits per heavy atom. The van der Waals surface area contributed by atoms with Crippen molar-refractivity contribution in [3.8, 4) is 0 Å². The fourth-order valence-electron chi connectivity index (χ4n) is 2.29. The third-order valence-electron chi connectivity index (χ3n) is 3.76. The van der Waals surface area contributed by atoms with E-state index in [9.17, 15) is 0 Å². The van der Waals surface area contributed by atoms with Crippen LogP contribution in [0.1, 0.15) is 49.4 Å². The minimum atomic E-state index is 0.331. The first-order chi connectivity index (χ1) is 8.29. The smallest absolute Gasteiger partial charge is 0.159 e. The molecule has 1 aliphatic rings. The molecule has 90 valence electrons. The number of hydrogen-bond acceptors (Lipinski definition) is 3. The standard InChI is InChI=1S/C13H18N4/c1-9(8-14)11-6-3-7-17-13(11)15-12(16-17)10-4-2-5-10/h3,6-7,9-10H,2,4-5,8,14H2,1H3. The Labute approximate surface area is 101 Å². The molecule has 0 aliphatic heterocycles. The monoisotopic (exact) mass is 230 g/mol. The molecule has 1 aliphatic carbocycles. The minimum Gasteiger partial charge on any atom is -0.330 e. The number of rotatable bonds is 3. The minimum absolute atomic E-state index is 0.331. The SMILES string of the molecule is CC(CN)c1cccn2nc(C3CCC3)nc12. The van der Waals surface area contributed by atoms with Gasteiger partial charge in [-0.3, -0.25) is 0 Å². The Kier molecular flexibility index (Phi) is 2.59. The summed E-state index contributed by atoms with van der Waals surface area (Å²) in [6.07, 6.45) is 5.75. The van der Waals surface area contributed by atoms with Gasteiger partial charge in [0.15, 0.2) is 11.5 Å². The van der Waals surface area contributed by atoms with E-state index in [4.69, 9.17) is 10.7 Å². The quantitative estimate of drug-likeness (QED) is 0.878. The molecule has 4 nitrogen and oxygen atoms in total. The molecule has 1 atom stereocenters. The van der Waals surface area contributed by atoms with Gasteiger partial charge >= 0.3 is 0 Å². The number of nitrogens with zero attached hydrogens (tertiary/aromatic N) is 3. The van der Waals surface area contributed by atoms with Gasteiger partial charge in [-0.25, -0.2) is 9.50 Å². The number of aromatic nitrogens is 3. The molecule has 0 bridgehead atoms. The van der Waals surface area contributed by atoms with Crippen molar-refractivity contribution in [1.82, 2.24) is 14.6 Å². The third-order valence-corrected chi connectivity index (χ3v) is 3.76. The molecule has 17 heavy (non-hydrogen) atoms. The second kappa shape index (κ2) is 4.11. The number of fused-ring (bicyclic) bond motifs is 1. The molecular weight excluding hydrogens is 212 g/mol. The summed E-state index contributed by atoms with van der Waals surface area (Å²) < 4.78 is 1.90. The van der Waals surface area contributed by atoms with Crippen molar-refractivity contribution >= 4 is 5.65 Å². The molecule has 2 aromatic heterocycles. The highest BCUT2D eigenvalue weighted by atomic mass is 15.3. The van der Waals surface area contributed by atoms with Crippen molar-refractivity contribution in [2.45, 2.75) is 38.0 Å². The van der Waals surface area contributed by atoms with Gasteiger partial charge in [0.25, 0.3) is 0 Å². The van der Waals surface area contributed by atoms with Gasteiger partial charge in [-0.2, -0.15) is 5.10 Å². The molecule has 0 aromatic carbocycles. The summed E-state index contributed by atoms with van der Waals surface area (Å²) in [6.45, 7) is 2.78. The zero-order valence-electron chi connectivity index (χ0n) is 10.1. The molecule has 1 fully saturated rings. The highest BCUT2D eigenvalue weighted by molar-refractivity contribution is 5.49. The van der Waals surface area contributed by atoms with Gasteiger partial charge in [0, 0.05) is 17.7 Å². The maximum absolute atomic E-state index is 5.74. The Morgan fingerprint density at radius 3 is 3.00 bits per heavy atom. The van der Waals surface area contributed by atoms with E-state index in [0.29, 0.717) is 18.4 Å². The molecular formula is C13H18N4. The van der Waals surface area contributed by atoms with Crippen LogP contribution in [-0.4, -0.2) is 21.1 Å². The van der Waals surface area contributed by atoms with Gasteiger partial charge in [-0.1, -0.05) is 19.4 Å². The Morgan fingerprint density at radius 1 is 1.53 bits per heavy atom. The van der Waals surface area contributed by atoms with Crippen LogP contribution in [0.4, 0.5) is 0 Å². The third kappa shape index (κ3) is 1.72. The zero-order chi connectivity index (χ0) is 11.8. The van der Waals surface area contributed by atoms with Crippen LogP contribution < -0.4 is 5.73 Å². The lowest BCUT2D eigenvalue weighted by molar-refractivity contribution is 0.402. The Balaban J connectivity index is 2.07. The normalized spacial score (nSPS) is 18.2. The van der Waals surface area contributed by atoms with Crippen LogP contribution in [0.5, 0.6) is 0 Å². The van der Waals surface area contributed by atoms with E-state index in [1.807, 2.05) is 16.8 Å². The van der Waals surface area contributed by atoms with Gasteiger partial charge in [0.2, 0.25) is 0 Å². The molecule has 0 saturated heterocycles. The molecule has 0 spiro atoms. The van der Waals surface area contributed by atoms with Crippen molar-refractivity contribution in [1.29, 1.82) is 0 Å². The molecule has 2 N–H and O–H groups in total. The molecule has 1 unspecified atom stereocenters. The average Bonchev–Trinajstić information content (AvgIpc) is 2.68. The molecule has 2 heterocycles. The van der Waals surface area contributed by atoms with E-state index in [0.717, 1.165) is 11.5 Å². The molecule has 0 radical (unpaired) electrons. The molecule has 0 amide bonds. The Hall–Kier alpha value is -1.42. The number of hydrogen-bond donors (Lipinski definition) is 1. The van der Waals surface area contributed by atoms with Gasteiger partial charge in [0.05, 0.1) is 0 Å². The van der Waals surface area contributed by atoms with Crippen LogP contribution >= 0.6 is 0 Å². The van der Waals surface area contributed by atoms with E-state index in [2.05, 4.69) is 18.1 Å². The summed E-state index contributed by atoms with van der Waals surface area (Å²) >= 11 is 0. The largest absolute Gasteiger partial charge is 0.330 e. The highest BCUT2D eigenvalue weighted by Gasteiger charge is 2.24. The lowest BCUT2D eigenvalue weighted by Gasteiger charge is -2.21. The molecule has 2 aromatic rings. The summed E-state index contributed by atoms with van der Waals surface area (Å²) in [5, 5.41) is 4.58. The number of nitrogens with two attached hydrogens (primary N) is 1. The van der Waals surface area contributed by atoms with Crippen molar-refractivity contribution in [3.05, 3.63) is 29.7 Å². The Bertz CT molecular complexity index is 527. The van der Waals surface area contributed by atoms with Crippen molar-refractivity contribution in [2.24, 2.45) is 5.73 Å². The van der Waals surface area contributed by atoms with Crippen LogP contribution in [0.3, 0.4) is 0 Å². The van der Waals surface area contributed by atoms with Crippen molar-refractivity contribution in [2.75, 3.05) is 6.54 Å². The predicted octanol–water partition coefficient (Wildman–Crippen LogP) is 2.06. The van der Waals surface area contributed by atoms with Gasteiger partial charge in [0.1, 0.15) is 0 Å². The van der Waals surface area contributed by atoms with Crippen LogP contribution in [0.25, 0.3) is 5.65 Å². The van der Waals surface area contributed by atoms with E-state index in [-0.39, 0.29) is 0 Å². The second-order valence-electron chi connectivity index (χ2n) is 4.97. The first kappa shape index (κ1) is 10.7. The summed E-state index contributed by atoms with van der Waals surface area (Å²) in [5.74, 6) is 1.92. The maximum Gasteiger partial charge on any atom is 0.159 e. The topological polar surface area (TPSA) is 56.2 Å². The fourth-order valence-corrected chi connectivity index (χ4v) is 2.29. The fraction of sp³-hybridized carbons (Fsp3) is 0.538. The van der Waals surface area contributed by atoms with Crippen LogP contribution in [-0.2, 0) is 0 Å². The predicted molar refractivity (Wildman–Crippen MR) is 67.0 cm³/mol. The molecule has 3 rings (SSSR count). The van der Waals surface area contributed by atoms with Crippen molar-refractivity contribution < 1.29 is 0 Å². The average molecular weight is 230 g/mol. The zero-order valence-corrected chi connectivity index (χ0v) is 10.1. The van der Waals surface area contributed by atoms with Crippen LogP contribution in [0, 0.1) is 0 Å². The summed E-state index contributed by atoms with van der Waals surface area (Å²) in [6, 6.07) is 4.12. The second-order valence-corrected chi connectivity index (χ2v) is 4.97. The van der Waals surface area contributed by atoms with Gasteiger partial charge < -0.3 is 5.73 Å². The van der Waals surface area contributed by atoms with Crippen molar-refractivity contribution in [3.63, 3.8) is 0 Å². The highest BCUT2D eigenvalue weighted by Crippen LogP contribution is 2.35. The van der Waals surface area contributed by atoms with Crippen LogP contribution in [0.15, 0.2) is 18.3 Å². The van der Waals surface area contributed by atoms with Gasteiger partial charge in [-0.15, -0.1) is 0 Å². The first-order valence-electron chi connectivity index (χ1n) is 6.35. The summed E-state index contributed by atoms with van der Waals surface area (Å²) in [4.78, 5) is 4.70. The maximum atomic E-state index is 5.74. The van der Waals surface area contributed by atoms with Gasteiger partial charge in [-0.05, 0) is 31.4 Å².